The molecule has 0 saturated heterocycles. The van der Waals surface area contributed by atoms with E-state index < -0.39 is 10.0 Å². The molecule has 27 heavy (non-hydrogen) atoms. The van der Waals surface area contributed by atoms with Gasteiger partial charge in [0.15, 0.2) is 0 Å². The molecule has 1 aromatic carbocycles. The van der Waals surface area contributed by atoms with Gasteiger partial charge in [0.1, 0.15) is 28.1 Å². The second kappa shape index (κ2) is 9.34. The predicted molar refractivity (Wildman–Crippen MR) is 110 cm³/mol. The first-order chi connectivity index (χ1) is 12.7. The lowest BCUT2D eigenvalue weighted by Crippen LogP contribution is -2.29. The summed E-state index contributed by atoms with van der Waals surface area (Å²) >= 11 is 3.30. The van der Waals surface area contributed by atoms with E-state index in [2.05, 4.69) is 35.9 Å². The van der Waals surface area contributed by atoms with Gasteiger partial charge in [-0.15, -0.1) is 0 Å². The van der Waals surface area contributed by atoms with E-state index in [0.717, 1.165) is 5.82 Å². The fourth-order valence-corrected chi connectivity index (χ4v) is 4.00. The molecule has 1 heterocycles. The third-order valence-electron chi connectivity index (χ3n) is 3.50. The summed E-state index contributed by atoms with van der Waals surface area (Å²) in [5.41, 5.74) is 0. The number of benzene rings is 1. The zero-order chi connectivity index (χ0) is 20.0. The van der Waals surface area contributed by atoms with E-state index in [4.69, 9.17) is 4.74 Å². The van der Waals surface area contributed by atoms with Gasteiger partial charge in [0.05, 0.1) is 6.61 Å². The van der Waals surface area contributed by atoms with Crippen molar-refractivity contribution in [3.8, 4) is 5.75 Å². The number of ether oxygens (including phenoxy) is 1. The van der Waals surface area contributed by atoms with Gasteiger partial charge in [0.25, 0.3) is 0 Å². The molecule has 10 heteroatoms. The van der Waals surface area contributed by atoms with Crippen LogP contribution >= 0.6 is 15.9 Å². The van der Waals surface area contributed by atoms with Gasteiger partial charge in [-0.3, -0.25) is 0 Å². The van der Waals surface area contributed by atoms with Crippen LogP contribution in [0.2, 0.25) is 0 Å². The third-order valence-corrected chi connectivity index (χ3v) is 5.48. The van der Waals surface area contributed by atoms with Crippen molar-refractivity contribution < 1.29 is 13.2 Å². The number of aromatic nitrogens is 2. The van der Waals surface area contributed by atoms with Gasteiger partial charge in [0.2, 0.25) is 10.0 Å². The predicted octanol–water partition coefficient (Wildman–Crippen LogP) is 2.40. The van der Waals surface area contributed by atoms with Crippen LogP contribution in [0.1, 0.15) is 12.7 Å². The quantitative estimate of drug-likeness (QED) is 0.557. The van der Waals surface area contributed by atoms with Gasteiger partial charge in [-0.05, 0) is 32.0 Å². The first-order valence-electron chi connectivity index (χ1n) is 8.42. The van der Waals surface area contributed by atoms with Crippen molar-refractivity contribution in [3.63, 3.8) is 0 Å². The van der Waals surface area contributed by atoms with Gasteiger partial charge in [0, 0.05) is 37.7 Å². The van der Waals surface area contributed by atoms with E-state index >= 15 is 0 Å². The normalized spacial score (nSPS) is 11.3. The van der Waals surface area contributed by atoms with Crippen molar-refractivity contribution in [3.05, 3.63) is 34.6 Å². The molecular formula is C17H24BrN5O3S. The number of nitrogens with one attached hydrogen (secondary N) is 2. The van der Waals surface area contributed by atoms with E-state index in [1.165, 1.54) is 6.07 Å². The fraction of sp³-hybridized carbons (Fsp3) is 0.412. The van der Waals surface area contributed by atoms with Gasteiger partial charge >= 0.3 is 0 Å². The van der Waals surface area contributed by atoms with Gasteiger partial charge in [-0.1, -0.05) is 15.9 Å². The number of sulfonamides is 1. The monoisotopic (exact) mass is 457 g/mol. The first kappa shape index (κ1) is 21.4. The molecule has 2 N–H and O–H groups in total. The molecule has 0 atom stereocenters. The van der Waals surface area contributed by atoms with Crippen molar-refractivity contribution in [1.82, 2.24) is 14.7 Å². The zero-order valence-electron chi connectivity index (χ0n) is 15.8. The van der Waals surface area contributed by atoms with Crippen LogP contribution in [0, 0.1) is 6.92 Å². The Morgan fingerprint density at radius 1 is 1.19 bits per heavy atom. The Labute approximate surface area is 168 Å². The second-order valence-electron chi connectivity index (χ2n) is 5.90. The molecule has 8 nitrogen and oxygen atoms in total. The lowest BCUT2D eigenvalue weighted by Gasteiger charge is -2.15. The lowest BCUT2D eigenvalue weighted by molar-refractivity contribution is 0.331. The topological polar surface area (TPSA) is 96.5 Å². The molecule has 0 spiro atoms. The van der Waals surface area contributed by atoms with Crippen LogP contribution in [0.15, 0.2) is 33.6 Å². The minimum absolute atomic E-state index is 0.103. The maximum absolute atomic E-state index is 12.6. The highest BCUT2D eigenvalue weighted by Gasteiger charge is 2.19. The number of nitrogens with zero attached hydrogens (tertiary/aromatic N) is 3. The molecule has 0 aliphatic carbocycles. The maximum atomic E-state index is 12.6. The smallest absolute Gasteiger partial charge is 0.244 e. The summed E-state index contributed by atoms with van der Waals surface area (Å²) in [6, 6.07) is 6.71. The number of halogens is 1. The van der Waals surface area contributed by atoms with E-state index in [-0.39, 0.29) is 11.4 Å². The largest absolute Gasteiger partial charge is 0.492 e. The molecule has 2 aromatic rings. The van der Waals surface area contributed by atoms with Crippen LogP contribution in [0.25, 0.3) is 0 Å². The SMILES string of the molecule is CCOc1ccc(Br)cc1S(=O)(=O)NCCNc1cc(N(C)C)nc(C)n1. The van der Waals surface area contributed by atoms with Crippen molar-refractivity contribution in [2.24, 2.45) is 0 Å². The summed E-state index contributed by atoms with van der Waals surface area (Å²) in [7, 11) is 0.0871. The Balaban J connectivity index is 2.02. The van der Waals surface area contributed by atoms with Crippen molar-refractivity contribution in [1.29, 1.82) is 0 Å². The standard InChI is InChI=1S/C17H24BrN5O3S/c1-5-26-14-7-6-13(18)10-15(14)27(24,25)20-9-8-19-16-11-17(23(3)4)22-12(2)21-16/h6-7,10-11,20H,5,8-9H2,1-4H3,(H,19,21,22). The van der Waals surface area contributed by atoms with E-state index in [1.807, 2.05) is 38.9 Å². The fourth-order valence-electron chi connectivity index (χ4n) is 2.29. The van der Waals surface area contributed by atoms with Gasteiger partial charge in [-0.2, -0.15) is 0 Å². The Kier molecular flexibility index (Phi) is 7.40. The summed E-state index contributed by atoms with van der Waals surface area (Å²) in [6.07, 6.45) is 0. The van der Waals surface area contributed by atoms with Crippen LogP contribution < -0.4 is 19.7 Å². The number of rotatable bonds is 9. The molecular weight excluding hydrogens is 434 g/mol. The number of aryl methyl sites for hydroxylation is 1. The van der Waals surface area contributed by atoms with Crippen LogP contribution in [0.3, 0.4) is 0 Å². The summed E-state index contributed by atoms with van der Waals surface area (Å²) in [4.78, 5) is 10.6. The number of hydrogen-bond donors (Lipinski definition) is 2. The number of anilines is 2. The summed E-state index contributed by atoms with van der Waals surface area (Å²) < 4.78 is 33.9. The minimum atomic E-state index is -3.71. The molecule has 0 saturated carbocycles. The maximum Gasteiger partial charge on any atom is 0.244 e. The van der Waals surface area contributed by atoms with Crippen molar-refractivity contribution >= 4 is 37.6 Å². The highest BCUT2D eigenvalue weighted by Crippen LogP contribution is 2.27. The van der Waals surface area contributed by atoms with Crippen LogP contribution in [-0.2, 0) is 10.0 Å². The molecule has 2 rings (SSSR count). The molecule has 0 unspecified atom stereocenters. The number of hydrogen-bond acceptors (Lipinski definition) is 7. The highest BCUT2D eigenvalue weighted by atomic mass is 79.9. The Morgan fingerprint density at radius 3 is 2.59 bits per heavy atom. The van der Waals surface area contributed by atoms with Gasteiger partial charge < -0.3 is 15.0 Å². The van der Waals surface area contributed by atoms with E-state index in [1.54, 1.807) is 12.1 Å². The van der Waals surface area contributed by atoms with Crippen LogP contribution in [-0.4, -0.2) is 52.2 Å². The highest BCUT2D eigenvalue weighted by molar-refractivity contribution is 9.10. The lowest BCUT2D eigenvalue weighted by atomic mass is 10.3. The van der Waals surface area contributed by atoms with Crippen molar-refractivity contribution in [2.45, 2.75) is 18.7 Å². The van der Waals surface area contributed by atoms with Gasteiger partial charge in [-0.25, -0.2) is 23.1 Å². The van der Waals surface area contributed by atoms with Crippen LogP contribution in [0.5, 0.6) is 5.75 Å². The average Bonchev–Trinajstić information content (AvgIpc) is 2.60. The molecule has 0 bridgehead atoms. The van der Waals surface area contributed by atoms with Crippen molar-refractivity contribution in [2.75, 3.05) is 44.0 Å². The Bertz CT molecular complexity index is 890. The summed E-state index contributed by atoms with van der Waals surface area (Å²) in [6.45, 7) is 4.57. The molecule has 0 aliphatic rings. The molecule has 0 fully saturated rings. The zero-order valence-corrected chi connectivity index (χ0v) is 18.2. The van der Waals surface area contributed by atoms with E-state index in [9.17, 15) is 8.42 Å². The average molecular weight is 458 g/mol. The minimum Gasteiger partial charge on any atom is -0.492 e. The van der Waals surface area contributed by atoms with Crippen LogP contribution in [0.4, 0.5) is 11.6 Å². The third kappa shape index (κ3) is 6.05. The Hall–Kier alpha value is -1.91. The first-order valence-corrected chi connectivity index (χ1v) is 10.7. The summed E-state index contributed by atoms with van der Waals surface area (Å²) in [5.74, 6) is 2.38. The summed E-state index contributed by atoms with van der Waals surface area (Å²) in [5, 5.41) is 3.11. The Morgan fingerprint density at radius 2 is 1.93 bits per heavy atom. The molecule has 1 aromatic heterocycles. The molecule has 0 amide bonds. The molecule has 148 valence electrons. The van der Waals surface area contributed by atoms with E-state index in [0.29, 0.717) is 35.0 Å². The molecule has 0 radical (unpaired) electrons. The second-order valence-corrected chi connectivity index (χ2v) is 8.55. The molecule has 0 aliphatic heterocycles.